The second kappa shape index (κ2) is 8.04. The van der Waals surface area contributed by atoms with Gasteiger partial charge in [0.2, 0.25) is 6.79 Å². The highest BCUT2D eigenvalue weighted by Crippen LogP contribution is 2.35. The van der Waals surface area contributed by atoms with Crippen LogP contribution in [0.3, 0.4) is 0 Å². The zero-order chi connectivity index (χ0) is 21.4. The van der Waals surface area contributed by atoms with Crippen LogP contribution < -0.4 is 20.5 Å². The van der Waals surface area contributed by atoms with E-state index < -0.39 is 6.08 Å². The van der Waals surface area contributed by atoms with E-state index in [2.05, 4.69) is 26.2 Å². The van der Waals surface area contributed by atoms with Crippen LogP contribution in [0, 0.1) is 24.3 Å². The number of nitrogen functional groups attached to an aromatic ring is 1. The minimum atomic E-state index is -0.857. The SMILES string of the molecule is C#Cc1cc2c(cc1Cc1nc3c(N)nc(F)nc3n1CCC1CCCNC1)OCO2. The molecule has 0 saturated carbocycles. The smallest absolute Gasteiger partial charge is 0.312 e. The van der Waals surface area contributed by atoms with Crippen LogP contribution in [-0.4, -0.2) is 39.4 Å². The summed E-state index contributed by atoms with van der Waals surface area (Å²) in [6, 6.07) is 3.67. The summed E-state index contributed by atoms with van der Waals surface area (Å²) in [5.74, 6) is 5.28. The zero-order valence-corrected chi connectivity index (χ0v) is 17.0. The number of benzene rings is 1. The van der Waals surface area contributed by atoms with Crippen molar-refractivity contribution in [2.45, 2.75) is 32.2 Å². The number of halogens is 1. The molecule has 1 saturated heterocycles. The standard InChI is InChI=1S/C22H23FN6O2/c1-2-14-8-16-17(31-12-30-16)9-15(14)10-18-26-19-20(24)27-22(23)28-21(19)29(18)7-5-13-4-3-6-25-11-13/h1,8-9,13,25H,3-7,10-12H2,(H2,24,27,28). The fraction of sp³-hybridized carbons (Fsp3) is 0.409. The molecule has 2 aromatic heterocycles. The van der Waals surface area contributed by atoms with Gasteiger partial charge in [-0.25, -0.2) is 4.98 Å². The van der Waals surface area contributed by atoms with Crippen LogP contribution in [0.15, 0.2) is 12.1 Å². The van der Waals surface area contributed by atoms with E-state index in [9.17, 15) is 4.39 Å². The van der Waals surface area contributed by atoms with Crippen molar-refractivity contribution >= 4 is 17.0 Å². The average Bonchev–Trinajstić information content (AvgIpc) is 3.36. The molecule has 1 unspecified atom stereocenters. The number of hydrogen-bond donors (Lipinski definition) is 2. The van der Waals surface area contributed by atoms with Gasteiger partial charge in [0.1, 0.15) is 5.82 Å². The van der Waals surface area contributed by atoms with E-state index >= 15 is 0 Å². The molecule has 31 heavy (non-hydrogen) atoms. The zero-order valence-electron chi connectivity index (χ0n) is 17.0. The van der Waals surface area contributed by atoms with E-state index in [0.29, 0.717) is 52.9 Å². The Hall–Kier alpha value is -3.38. The minimum absolute atomic E-state index is 0.0321. The van der Waals surface area contributed by atoms with Gasteiger partial charge in [-0.1, -0.05) is 5.92 Å². The first-order valence-electron chi connectivity index (χ1n) is 10.4. The highest BCUT2D eigenvalue weighted by Gasteiger charge is 2.22. The Labute approximate surface area is 179 Å². The predicted octanol–water partition coefficient (Wildman–Crippen LogP) is 2.24. The summed E-state index contributed by atoms with van der Waals surface area (Å²) in [4.78, 5) is 12.3. The number of hydrogen-bond acceptors (Lipinski definition) is 7. The molecule has 0 spiro atoms. The first kappa shape index (κ1) is 19.6. The summed E-state index contributed by atoms with van der Waals surface area (Å²) in [5.41, 5.74) is 8.34. The van der Waals surface area contributed by atoms with Crippen LogP contribution in [0.5, 0.6) is 11.5 Å². The van der Waals surface area contributed by atoms with E-state index in [1.807, 2.05) is 10.6 Å². The monoisotopic (exact) mass is 422 g/mol. The lowest BCUT2D eigenvalue weighted by molar-refractivity contribution is 0.174. The third-order valence-electron chi connectivity index (χ3n) is 5.94. The van der Waals surface area contributed by atoms with Gasteiger partial charge in [0.25, 0.3) is 0 Å². The molecule has 3 N–H and O–H groups in total. The number of imidazole rings is 1. The van der Waals surface area contributed by atoms with Crippen LogP contribution in [0.2, 0.25) is 0 Å². The molecule has 0 aliphatic carbocycles. The molecule has 5 rings (SSSR count). The second-order valence-electron chi connectivity index (χ2n) is 7.91. The van der Waals surface area contributed by atoms with Gasteiger partial charge >= 0.3 is 6.08 Å². The molecule has 1 atom stereocenters. The van der Waals surface area contributed by atoms with Gasteiger partial charge in [0.15, 0.2) is 28.5 Å². The van der Waals surface area contributed by atoms with Crippen molar-refractivity contribution in [3.63, 3.8) is 0 Å². The van der Waals surface area contributed by atoms with Gasteiger partial charge in [0.05, 0.1) is 0 Å². The Morgan fingerprint density at radius 2 is 2.10 bits per heavy atom. The number of nitrogens with one attached hydrogen (secondary N) is 1. The Kier molecular flexibility index (Phi) is 5.08. The number of nitrogens with two attached hydrogens (primary N) is 1. The van der Waals surface area contributed by atoms with Crippen LogP contribution in [0.4, 0.5) is 10.2 Å². The van der Waals surface area contributed by atoms with Crippen molar-refractivity contribution in [1.82, 2.24) is 24.8 Å². The van der Waals surface area contributed by atoms with E-state index in [1.165, 1.54) is 6.42 Å². The van der Waals surface area contributed by atoms with E-state index in [4.69, 9.17) is 21.6 Å². The number of aryl methyl sites for hydroxylation is 1. The lowest BCUT2D eigenvalue weighted by atomic mass is 9.96. The minimum Gasteiger partial charge on any atom is -0.454 e. The topological polar surface area (TPSA) is 100 Å². The number of ether oxygens (including phenoxy) is 2. The number of nitrogens with zero attached hydrogens (tertiary/aromatic N) is 4. The van der Waals surface area contributed by atoms with Crippen LogP contribution >= 0.6 is 0 Å². The summed E-state index contributed by atoms with van der Waals surface area (Å²) in [6.07, 6.45) is 8.57. The van der Waals surface area contributed by atoms with Crippen LogP contribution in [-0.2, 0) is 13.0 Å². The average molecular weight is 422 g/mol. The number of rotatable bonds is 5. The molecule has 2 aliphatic rings. The van der Waals surface area contributed by atoms with Crippen molar-refractivity contribution in [1.29, 1.82) is 0 Å². The third kappa shape index (κ3) is 3.75. The van der Waals surface area contributed by atoms with Gasteiger partial charge in [-0.3, -0.25) is 0 Å². The van der Waals surface area contributed by atoms with Crippen molar-refractivity contribution in [3.05, 3.63) is 35.2 Å². The van der Waals surface area contributed by atoms with Gasteiger partial charge < -0.3 is 25.1 Å². The van der Waals surface area contributed by atoms with E-state index in [0.717, 1.165) is 31.5 Å². The summed E-state index contributed by atoms with van der Waals surface area (Å²) in [7, 11) is 0. The number of anilines is 1. The highest BCUT2D eigenvalue weighted by atomic mass is 19.1. The first-order valence-corrected chi connectivity index (χ1v) is 10.4. The van der Waals surface area contributed by atoms with Gasteiger partial charge in [-0.2, -0.15) is 14.4 Å². The maximum Gasteiger partial charge on any atom is 0.312 e. The van der Waals surface area contributed by atoms with Gasteiger partial charge in [-0.05, 0) is 49.9 Å². The molecule has 4 heterocycles. The van der Waals surface area contributed by atoms with Gasteiger partial charge in [0, 0.05) is 24.6 Å². The lowest BCUT2D eigenvalue weighted by Crippen LogP contribution is -2.30. The molecular formula is C22H23FN6O2. The second-order valence-corrected chi connectivity index (χ2v) is 7.91. The van der Waals surface area contributed by atoms with Crippen molar-refractivity contribution in [2.24, 2.45) is 5.92 Å². The molecule has 0 radical (unpaired) electrons. The molecule has 1 fully saturated rings. The molecule has 0 amide bonds. The molecule has 3 aromatic rings. The molecule has 8 nitrogen and oxygen atoms in total. The number of piperidine rings is 1. The first-order chi connectivity index (χ1) is 15.1. The Bertz CT molecular complexity index is 1180. The quantitative estimate of drug-likeness (QED) is 0.480. The van der Waals surface area contributed by atoms with Crippen molar-refractivity contribution < 1.29 is 13.9 Å². The number of fused-ring (bicyclic) bond motifs is 2. The van der Waals surface area contributed by atoms with Gasteiger partial charge in [-0.15, -0.1) is 6.42 Å². The fourth-order valence-corrected chi connectivity index (χ4v) is 4.33. The number of terminal acetylenes is 1. The Morgan fingerprint density at radius 3 is 2.87 bits per heavy atom. The number of aromatic nitrogens is 4. The highest BCUT2D eigenvalue weighted by molar-refractivity contribution is 5.82. The molecule has 1 aromatic carbocycles. The molecule has 9 heteroatoms. The fourth-order valence-electron chi connectivity index (χ4n) is 4.33. The largest absolute Gasteiger partial charge is 0.454 e. The van der Waals surface area contributed by atoms with Crippen molar-refractivity contribution in [2.75, 3.05) is 25.6 Å². The van der Waals surface area contributed by atoms with Crippen LogP contribution in [0.1, 0.15) is 36.2 Å². The summed E-state index contributed by atoms with van der Waals surface area (Å²) < 4.78 is 26.8. The van der Waals surface area contributed by atoms with E-state index in [1.54, 1.807) is 6.07 Å². The summed E-state index contributed by atoms with van der Waals surface area (Å²) in [5, 5.41) is 3.44. The summed E-state index contributed by atoms with van der Waals surface area (Å²) in [6.45, 7) is 2.87. The Morgan fingerprint density at radius 1 is 1.26 bits per heavy atom. The normalized spacial score (nSPS) is 17.7. The summed E-state index contributed by atoms with van der Waals surface area (Å²) >= 11 is 0. The van der Waals surface area contributed by atoms with E-state index in [-0.39, 0.29) is 12.6 Å². The maximum atomic E-state index is 14.0. The third-order valence-corrected chi connectivity index (χ3v) is 5.94. The lowest BCUT2D eigenvalue weighted by Gasteiger charge is -2.23. The predicted molar refractivity (Wildman–Crippen MR) is 113 cm³/mol. The molecular weight excluding hydrogens is 399 g/mol. The maximum absolute atomic E-state index is 14.0. The molecule has 160 valence electrons. The van der Waals surface area contributed by atoms with Crippen LogP contribution in [0.25, 0.3) is 11.2 Å². The molecule has 2 aliphatic heterocycles. The molecule has 0 bridgehead atoms. The van der Waals surface area contributed by atoms with Crippen molar-refractivity contribution in [3.8, 4) is 23.8 Å². The Balaban J connectivity index is 1.53.